The van der Waals surface area contributed by atoms with E-state index in [0.717, 1.165) is 0 Å². The van der Waals surface area contributed by atoms with Crippen molar-refractivity contribution in [3.63, 3.8) is 0 Å². The van der Waals surface area contributed by atoms with E-state index in [9.17, 15) is 13.2 Å². The van der Waals surface area contributed by atoms with Gasteiger partial charge in [0.05, 0.1) is 11.8 Å². The number of nitrogen functional groups attached to an aromatic ring is 1. The number of fused-ring (bicyclic) bond motifs is 1. The number of nitrogens with two attached hydrogens (primary N) is 1. The van der Waals surface area contributed by atoms with Crippen molar-refractivity contribution in [1.29, 1.82) is 0 Å². The summed E-state index contributed by atoms with van der Waals surface area (Å²) < 4.78 is 37.7. The molecule has 0 fully saturated rings. The Bertz CT molecular complexity index is 590. The molecule has 1 heterocycles. The van der Waals surface area contributed by atoms with Gasteiger partial charge in [-0.15, -0.1) is 5.10 Å². The maximum atomic E-state index is 12.6. The molecule has 0 aliphatic carbocycles. The molecule has 2 aromatic rings. The molecule has 0 aliphatic rings. The highest BCUT2D eigenvalue weighted by atomic mass is 19.4. The molecule has 0 atom stereocenters. The van der Waals surface area contributed by atoms with Crippen LogP contribution in [0.1, 0.15) is 5.69 Å². The first-order chi connectivity index (χ1) is 7.89. The zero-order valence-corrected chi connectivity index (χ0v) is 8.62. The lowest BCUT2D eigenvalue weighted by Gasteiger charge is -2.10. The molecule has 0 bridgehead atoms. The number of nitrogens with zero attached hydrogens (tertiary/aromatic N) is 2. The van der Waals surface area contributed by atoms with E-state index in [1.807, 2.05) is 0 Å². The van der Waals surface area contributed by atoms with Gasteiger partial charge >= 0.3 is 6.18 Å². The zero-order valence-electron chi connectivity index (χ0n) is 8.62. The number of aromatic nitrogens is 2. The van der Waals surface area contributed by atoms with E-state index in [1.54, 1.807) is 0 Å². The van der Waals surface area contributed by atoms with Crippen LogP contribution in [0.15, 0.2) is 31.0 Å². The van der Waals surface area contributed by atoms with Gasteiger partial charge in [-0.2, -0.15) is 18.3 Å². The van der Waals surface area contributed by atoms with Crippen LogP contribution < -0.4 is 5.73 Å². The van der Waals surface area contributed by atoms with Crippen LogP contribution in [0, 0.1) is 0 Å². The van der Waals surface area contributed by atoms with Crippen LogP contribution in [-0.2, 0) is 0 Å². The second-order valence-corrected chi connectivity index (χ2v) is 3.52. The smallest absolute Gasteiger partial charge is 0.399 e. The third kappa shape index (κ3) is 2.06. The molecule has 0 saturated carbocycles. The standard InChI is InChI=1S/C11H8F3N3/c1-6(11(12,13)14)10-9-3-2-8(15)4-7(9)5-16-17-10/h2-5H,1,15H2. The van der Waals surface area contributed by atoms with Gasteiger partial charge in [-0.25, -0.2) is 0 Å². The van der Waals surface area contributed by atoms with Crippen LogP contribution in [0.4, 0.5) is 18.9 Å². The Labute approximate surface area is 94.8 Å². The van der Waals surface area contributed by atoms with Crippen molar-refractivity contribution in [3.8, 4) is 0 Å². The van der Waals surface area contributed by atoms with E-state index in [4.69, 9.17) is 5.73 Å². The lowest BCUT2D eigenvalue weighted by atomic mass is 10.1. The Morgan fingerprint density at radius 1 is 1.29 bits per heavy atom. The van der Waals surface area contributed by atoms with Crippen LogP contribution in [0.5, 0.6) is 0 Å². The van der Waals surface area contributed by atoms with Gasteiger partial charge in [0.15, 0.2) is 0 Å². The van der Waals surface area contributed by atoms with E-state index in [1.165, 1.54) is 24.4 Å². The number of benzene rings is 1. The monoisotopic (exact) mass is 239 g/mol. The molecule has 0 aliphatic heterocycles. The van der Waals surface area contributed by atoms with E-state index >= 15 is 0 Å². The molecule has 6 heteroatoms. The first-order valence-corrected chi connectivity index (χ1v) is 4.67. The summed E-state index contributed by atoms with van der Waals surface area (Å²) in [5, 5.41) is 7.85. The van der Waals surface area contributed by atoms with Crippen LogP contribution in [-0.4, -0.2) is 16.4 Å². The number of rotatable bonds is 1. The van der Waals surface area contributed by atoms with Crippen molar-refractivity contribution in [2.24, 2.45) is 0 Å². The molecular formula is C11H8F3N3. The van der Waals surface area contributed by atoms with Crippen molar-refractivity contribution in [1.82, 2.24) is 10.2 Å². The minimum absolute atomic E-state index is 0.269. The number of alkyl halides is 3. The van der Waals surface area contributed by atoms with Gasteiger partial charge in [0.25, 0.3) is 0 Å². The average molecular weight is 239 g/mol. The van der Waals surface area contributed by atoms with Crippen molar-refractivity contribution < 1.29 is 13.2 Å². The third-order valence-electron chi connectivity index (χ3n) is 2.31. The summed E-state index contributed by atoms with van der Waals surface area (Å²) in [7, 11) is 0. The maximum Gasteiger partial charge on any atom is 0.418 e. The van der Waals surface area contributed by atoms with Crippen LogP contribution in [0.3, 0.4) is 0 Å². The lowest BCUT2D eigenvalue weighted by molar-refractivity contribution is -0.0688. The first kappa shape index (κ1) is 11.4. The Kier molecular flexibility index (Phi) is 2.49. The number of allylic oxidation sites excluding steroid dienone is 1. The lowest BCUT2D eigenvalue weighted by Crippen LogP contribution is -2.11. The Balaban J connectivity index is 2.67. The number of hydrogen-bond donors (Lipinski definition) is 1. The zero-order chi connectivity index (χ0) is 12.6. The predicted molar refractivity (Wildman–Crippen MR) is 59.0 cm³/mol. The molecule has 0 radical (unpaired) electrons. The highest BCUT2D eigenvalue weighted by Crippen LogP contribution is 2.34. The van der Waals surface area contributed by atoms with Gasteiger partial charge in [0, 0.05) is 16.5 Å². The van der Waals surface area contributed by atoms with Gasteiger partial charge in [0.2, 0.25) is 0 Å². The normalized spacial score (nSPS) is 11.7. The summed E-state index contributed by atoms with van der Waals surface area (Å²) in [6.07, 6.45) is -3.16. The second-order valence-electron chi connectivity index (χ2n) is 3.52. The number of hydrogen-bond acceptors (Lipinski definition) is 3. The van der Waals surface area contributed by atoms with Gasteiger partial charge in [-0.05, 0) is 12.1 Å². The maximum absolute atomic E-state index is 12.6. The first-order valence-electron chi connectivity index (χ1n) is 4.67. The molecule has 0 saturated heterocycles. The number of halogens is 3. The highest BCUT2D eigenvalue weighted by molar-refractivity contribution is 5.93. The molecule has 88 valence electrons. The molecule has 2 rings (SSSR count). The molecule has 1 aromatic carbocycles. The van der Waals surface area contributed by atoms with Crippen LogP contribution in [0.2, 0.25) is 0 Å². The summed E-state index contributed by atoms with van der Waals surface area (Å²) in [6.45, 7) is 3.01. The van der Waals surface area contributed by atoms with Crippen LogP contribution >= 0.6 is 0 Å². The molecule has 0 unspecified atom stereocenters. The fraction of sp³-hybridized carbons (Fsp3) is 0.0909. The fourth-order valence-corrected chi connectivity index (χ4v) is 1.46. The summed E-state index contributed by atoms with van der Waals surface area (Å²) in [5.41, 5.74) is 4.71. The number of anilines is 1. The molecule has 3 nitrogen and oxygen atoms in total. The summed E-state index contributed by atoms with van der Waals surface area (Å²) in [4.78, 5) is 0. The quantitative estimate of drug-likeness (QED) is 0.778. The molecule has 17 heavy (non-hydrogen) atoms. The molecule has 2 N–H and O–H groups in total. The van der Waals surface area contributed by atoms with Gasteiger partial charge in [0.1, 0.15) is 5.69 Å². The summed E-state index contributed by atoms with van der Waals surface area (Å²) in [6, 6.07) is 4.53. The topological polar surface area (TPSA) is 51.8 Å². The van der Waals surface area contributed by atoms with Gasteiger partial charge in [-0.1, -0.05) is 12.6 Å². The Morgan fingerprint density at radius 2 is 2.00 bits per heavy atom. The minimum Gasteiger partial charge on any atom is -0.399 e. The largest absolute Gasteiger partial charge is 0.418 e. The predicted octanol–water partition coefficient (Wildman–Crippen LogP) is 2.79. The molecular weight excluding hydrogens is 231 g/mol. The van der Waals surface area contributed by atoms with Gasteiger partial charge < -0.3 is 5.73 Å². The molecule has 0 spiro atoms. The summed E-state index contributed by atoms with van der Waals surface area (Å²) >= 11 is 0. The average Bonchev–Trinajstić information content (AvgIpc) is 2.25. The molecule has 0 amide bonds. The summed E-state index contributed by atoms with van der Waals surface area (Å²) in [5.74, 6) is 0. The Hall–Kier alpha value is -2.11. The van der Waals surface area contributed by atoms with E-state index in [2.05, 4.69) is 16.8 Å². The minimum atomic E-state index is -4.52. The fourth-order valence-electron chi connectivity index (χ4n) is 1.46. The molecule has 1 aromatic heterocycles. The third-order valence-corrected chi connectivity index (χ3v) is 2.31. The van der Waals surface area contributed by atoms with Crippen LogP contribution in [0.25, 0.3) is 16.3 Å². The van der Waals surface area contributed by atoms with Crippen molar-refractivity contribution >= 4 is 22.0 Å². The SMILES string of the molecule is C=C(c1nncc2cc(N)ccc12)C(F)(F)F. The van der Waals surface area contributed by atoms with E-state index in [-0.39, 0.29) is 5.69 Å². The van der Waals surface area contributed by atoms with E-state index in [0.29, 0.717) is 16.5 Å². The second kappa shape index (κ2) is 3.73. The van der Waals surface area contributed by atoms with Crippen molar-refractivity contribution in [2.75, 3.05) is 5.73 Å². The highest BCUT2D eigenvalue weighted by Gasteiger charge is 2.34. The van der Waals surface area contributed by atoms with Crippen molar-refractivity contribution in [3.05, 3.63) is 36.7 Å². The van der Waals surface area contributed by atoms with E-state index < -0.39 is 11.7 Å². The van der Waals surface area contributed by atoms with Gasteiger partial charge in [-0.3, -0.25) is 0 Å². The Morgan fingerprint density at radius 3 is 2.65 bits per heavy atom. The van der Waals surface area contributed by atoms with Crippen molar-refractivity contribution in [2.45, 2.75) is 6.18 Å².